The quantitative estimate of drug-likeness (QED) is 0.428. The number of esters is 1. The van der Waals surface area contributed by atoms with E-state index in [4.69, 9.17) is 4.74 Å². The molecule has 1 heterocycles. The van der Waals surface area contributed by atoms with Crippen LogP contribution in [0.3, 0.4) is 0 Å². The molecule has 19 heavy (non-hydrogen) atoms. The minimum absolute atomic E-state index is 0.0495. The SMILES string of the molecule is C=C1C(=O)O[C@H]2C/C(CO)=C/CC/C(C)=C/[C@@H](O)[C@H]12. The number of aliphatic hydroxyl groups excluding tert-OH is 2. The van der Waals surface area contributed by atoms with Crippen LogP contribution in [0.2, 0.25) is 0 Å². The van der Waals surface area contributed by atoms with Crippen LogP contribution in [0, 0.1) is 5.92 Å². The molecule has 0 aromatic heterocycles. The molecule has 0 aromatic carbocycles. The van der Waals surface area contributed by atoms with Crippen molar-refractivity contribution in [1.82, 2.24) is 0 Å². The topological polar surface area (TPSA) is 66.8 Å². The maximum atomic E-state index is 11.6. The minimum atomic E-state index is -0.762. The normalized spacial score (nSPS) is 37.7. The van der Waals surface area contributed by atoms with Gasteiger partial charge in [0.05, 0.1) is 18.6 Å². The summed E-state index contributed by atoms with van der Waals surface area (Å²) in [6.45, 7) is 5.63. The molecule has 0 saturated carbocycles. The average molecular weight is 264 g/mol. The van der Waals surface area contributed by atoms with Crippen LogP contribution in [0.5, 0.6) is 0 Å². The Kier molecular flexibility index (Phi) is 4.22. The molecule has 0 bridgehead atoms. The summed E-state index contributed by atoms with van der Waals surface area (Å²) in [4.78, 5) is 11.6. The second-order valence-corrected chi connectivity index (χ2v) is 5.26. The van der Waals surface area contributed by atoms with E-state index in [0.29, 0.717) is 12.0 Å². The summed E-state index contributed by atoms with van der Waals surface area (Å²) in [6.07, 6.45) is 4.67. The number of allylic oxidation sites excluding steroid dienone is 2. The van der Waals surface area contributed by atoms with E-state index in [-0.39, 0.29) is 6.61 Å². The Morgan fingerprint density at radius 2 is 2.26 bits per heavy atom. The van der Waals surface area contributed by atoms with E-state index in [0.717, 1.165) is 24.0 Å². The summed E-state index contributed by atoms with van der Waals surface area (Å²) in [7, 11) is 0. The first-order valence-electron chi connectivity index (χ1n) is 6.57. The van der Waals surface area contributed by atoms with Gasteiger partial charge in [0, 0.05) is 12.0 Å². The van der Waals surface area contributed by atoms with E-state index in [1.54, 1.807) is 6.08 Å². The fourth-order valence-electron chi connectivity index (χ4n) is 2.69. The monoisotopic (exact) mass is 264 g/mol. The summed E-state index contributed by atoms with van der Waals surface area (Å²) in [5.41, 5.74) is 2.23. The summed E-state index contributed by atoms with van der Waals surface area (Å²) in [6, 6.07) is 0. The third-order valence-electron chi connectivity index (χ3n) is 3.78. The zero-order chi connectivity index (χ0) is 14.0. The van der Waals surface area contributed by atoms with Gasteiger partial charge in [-0.25, -0.2) is 4.79 Å². The lowest BCUT2D eigenvalue weighted by Gasteiger charge is -2.23. The van der Waals surface area contributed by atoms with Crippen LogP contribution < -0.4 is 0 Å². The van der Waals surface area contributed by atoms with Gasteiger partial charge in [-0.2, -0.15) is 0 Å². The fraction of sp³-hybridized carbons (Fsp3) is 0.533. The molecule has 4 nitrogen and oxygen atoms in total. The third kappa shape index (κ3) is 2.96. The molecular weight excluding hydrogens is 244 g/mol. The van der Waals surface area contributed by atoms with E-state index in [9.17, 15) is 15.0 Å². The lowest BCUT2D eigenvalue weighted by Crippen LogP contribution is -2.29. The second-order valence-electron chi connectivity index (χ2n) is 5.26. The van der Waals surface area contributed by atoms with E-state index >= 15 is 0 Å². The standard InChI is InChI=1S/C15H20O4/c1-9-4-3-5-11(8-16)7-13-14(12(17)6-9)10(2)15(18)19-13/h5-6,12-14,16-17H,2-4,7-8H2,1H3/b9-6+,11-5-/t12-,13+,14+/m1/s1. The number of fused-ring (bicyclic) bond motifs is 1. The lowest BCUT2D eigenvalue weighted by molar-refractivity contribution is -0.139. The second kappa shape index (κ2) is 5.72. The summed E-state index contributed by atoms with van der Waals surface area (Å²) in [5, 5.41) is 19.6. The molecule has 0 aromatic rings. The summed E-state index contributed by atoms with van der Waals surface area (Å²) < 4.78 is 5.27. The van der Waals surface area contributed by atoms with Crippen molar-refractivity contribution in [3.8, 4) is 0 Å². The number of rotatable bonds is 1. The van der Waals surface area contributed by atoms with E-state index < -0.39 is 24.1 Å². The Bertz CT molecular complexity index is 447. The molecule has 1 aliphatic heterocycles. The van der Waals surface area contributed by atoms with Crippen molar-refractivity contribution in [2.24, 2.45) is 5.92 Å². The molecule has 0 radical (unpaired) electrons. The van der Waals surface area contributed by atoms with Gasteiger partial charge in [0.25, 0.3) is 0 Å². The number of hydrogen-bond acceptors (Lipinski definition) is 4. The van der Waals surface area contributed by atoms with Crippen LogP contribution in [0.15, 0.2) is 35.5 Å². The summed E-state index contributed by atoms with van der Waals surface area (Å²) >= 11 is 0. The van der Waals surface area contributed by atoms with Gasteiger partial charge in [-0.15, -0.1) is 0 Å². The van der Waals surface area contributed by atoms with Crippen molar-refractivity contribution in [2.75, 3.05) is 6.61 Å². The van der Waals surface area contributed by atoms with Gasteiger partial charge in [0.15, 0.2) is 0 Å². The van der Waals surface area contributed by atoms with Crippen LogP contribution in [0.4, 0.5) is 0 Å². The van der Waals surface area contributed by atoms with Crippen LogP contribution in [-0.4, -0.2) is 35.0 Å². The van der Waals surface area contributed by atoms with Crippen molar-refractivity contribution >= 4 is 5.97 Å². The Morgan fingerprint density at radius 3 is 2.95 bits per heavy atom. The Balaban J connectivity index is 2.33. The van der Waals surface area contributed by atoms with Crippen LogP contribution in [-0.2, 0) is 9.53 Å². The number of carbonyl (C=O) groups excluding carboxylic acids is 1. The van der Waals surface area contributed by atoms with Crippen molar-refractivity contribution in [3.63, 3.8) is 0 Å². The first-order chi connectivity index (χ1) is 9.02. The Hall–Kier alpha value is -1.39. The number of ether oxygens (including phenoxy) is 1. The number of carbonyl (C=O) groups is 1. The molecule has 0 amide bonds. The maximum absolute atomic E-state index is 11.6. The first kappa shape index (κ1) is 14.0. The van der Waals surface area contributed by atoms with Gasteiger partial charge in [0.2, 0.25) is 0 Å². The fourth-order valence-corrected chi connectivity index (χ4v) is 2.69. The van der Waals surface area contributed by atoms with Gasteiger partial charge in [-0.1, -0.05) is 24.3 Å². The van der Waals surface area contributed by atoms with Crippen molar-refractivity contribution in [1.29, 1.82) is 0 Å². The van der Waals surface area contributed by atoms with E-state index in [1.807, 2.05) is 13.0 Å². The van der Waals surface area contributed by atoms with Crippen LogP contribution >= 0.6 is 0 Å². The Morgan fingerprint density at radius 1 is 1.53 bits per heavy atom. The lowest BCUT2D eigenvalue weighted by atomic mass is 9.86. The van der Waals surface area contributed by atoms with Gasteiger partial charge in [-0.05, 0) is 25.3 Å². The molecule has 0 spiro atoms. The minimum Gasteiger partial charge on any atom is -0.458 e. The highest BCUT2D eigenvalue weighted by Gasteiger charge is 2.42. The molecule has 1 saturated heterocycles. The van der Waals surface area contributed by atoms with Gasteiger partial charge >= 0.3 is 5.97 Å². The number of aliphatic hydroxyl groups is 2. The predicted molar refractivity (Wildman–Crippen MR) is 71.3 cm³/mol. The Labute approximate surface area is 113 Å². The third-order valence-corrected chi connectivity index (χ3v) is 3.78. The van der Waals surface area contributed by atoms with Gasteiger partial charge in [-0.3, -0.25) is 0 Å². The average Bonchev–Trinajstić information content (AvgIpc) is 2.63. The van der Waals surface area contributed by atoms with Crippen molar-refractivity contribution in [3.05, 3.63) is 35.5 Å². The van der Waals surface area contributed by atoms with Gasteiger partial charge in [0.1, 0.15) is 6.10 Å². The first-order valence-corrected chi connectivity index (χ1v) is 6.57. The maximum Gasteiger partial charge on any atom is 0.334 e. The van der Waals surface area contributed by atoms with E-state index in [1.165, 1.54) is 0 Å². The van der Waals surface area contributed by atoms with Crippen LogP contribution in [0.1, 0.15) is 26.2 Å². The molecule has 3 atom stereocenters. The molecular formula is C15H20O4. The van der Waals surface area contributed by atoms with Crippen molar-refractivity contribution in [2.45, 2.75) is 38.4 Å². The zero-order valence-electron chi connectivity index (χ0n) is 11.1. The zero-order valence-corrected chi connectivity index (χ0v) is 11.1. The highest BCUT2D eigenvalue weighted by atomic mass is 16.6. The molecule has 1 fully saturated rings. The number of hydrogen-bond donors (Lipinski definition) is 2. The highest BCUT2D eigenvalue weighted by molar-refractivity contribution is 5.91. The summed E-state index contributed by atoms with van der Waals surface area (Å²) in [5.74, 6) is -0.868. The van der Waals surface area contributed by atoms with Gasteiger partial charge < -0.3 is 14.9 Å². The van der Waals surface area contributed by atoms with Crippen LogP contribution in [0.25, 0.3) is 0 Å². The smallest absolute Gasteiger partial charge is 0.334 e. The van der Waals surface area contributed by atoms with E-state index in [2.05, 4.69) is 6.58 Å². The largest absolute Gasteiger partial charge is 0.458 e. The molecule has 2 aliphatic rings. The molecule has 2 N–H and O–H groups in total. The van der Waals surface area contributed by atoms with Crippen molar-refractivity contribution < 1.29 is 19.7 Å². The molecule has 104 valence electrons. The molecule has 1 aliphatic carbocycles. The highest BCUT2D eigenvalue weighted by Crippen LogP contribution is 2.34. The molecule has 0 unspecified atom stereocenters. The predicted octanol–water partition coefficient (Wildman–Crippen LogP) is 1.49. The molecule has 4 heteroatoms. The molecule has 2 rings (SSSR count).